The standard InChI is InChI=1S/C17H27NO4/c1-10-6-12(7-10)15(20)13-9-18(11(2)8-14(13)19)16(21)22-17(3,4)5/h10-13H,6-9H2,1-5H3. The number of rotatable bonds is 2. The molecule has 0 aromatic carbocycles. The molecule has 5 nitrogen and oxygen atoms in total. The van der Waals surface area contributed by atoms with Gasteiger partial charge in [-0.3, -0.25) is 9.59 Å². The number of piperidine rings is 1. The summed E-state index contributed by atoms with van der Waals surface area (Å²) in [5.41, 5.74) is -0.582. The van der Waals surface area contributed by atoms with E-state index in [0.717, 1.165) is 12.8 Å². The summed E-state index contributed by atoms with van der Waals surface area (Å²) >= 11 is 0. The molecule has 1 amide bonds. The lowest BCUT2D eigenvalue weighted by atomic mass is 9.69. The summed E-state index contributed by atoms with van der Waals surface area (Å²) < 4.78 is 5.39. The summed E-state index contributed by atoms with van der Waals surface area (Å²) in [6, 6.07) is -0.216. The normalized spacial score (nSPS) is 32.4. The van der Waals surface area contributed by atoms with E-state index in [0.29, 0.717) is 5.92 Å². The second-order valence-corrected chi connectivity index (χ2v) is 7.88. The van der Waals surface area contributed by atoms with Crippen LogP contribution < -0.4 is 0 Å². The zero-order valence-electron chi connectivity index (χ0n) is 14.2. The summed E-state index contributed by atoms with van der Waals surface area (Å²) in [5, 5.41) is 0. The Morgan fingerprint density at radius 3 is 2.27 bits per heavy atom. The van der Waals surface area contributed by atoms with E-state index in [9.17, 15) is 14.4 Å². The highest BCUT2D eigenvalue weighted by molar-refractivity contribution is 6.05. The molecule has 0 aromatic heterocycles. The first-order chi connectivity index (χ1) is 10.1. The fourth-order valence-corrected chi connectivity index (χ4v) is 3.26. The van der Waals surface area contributed by atoms with E-state index in [1.54, 1.807) is 0 Å². The summed E-state index contributed by atoms with van der Waals surface area (Å²) in [5.74, 6) is -0.118. The first-order valence-corrected chi connectivity index (χ1v) is 8.14. The molecule has 2 rings (SSSR count). The van der Waals surface area contributed by atoms with Gasteiger partial charge in [0.05, 0.1) is 5.92 Å². The summed E-state index contributed by atoms with van der Waals surface area (Å²) in [6.07, 6.45) is 1.53. The second-order valence-electron chi connectivity index (χ2n) is 7.88. The van der Waals surface area contributed by atoms with E-state index in [1.165, 1.54) is 4.90 Å². The number of carbonyl (C=O) groups excluding carboxylic acids is 3. The summed E-state index contributed by atoms with van der Waals surface area (Å²) in [7, 11) is 0. The first-order valence-electron chi connectivity index (χ1n) is 8.14. The van der Waals surface area contributed by atoms with Crippen LogP contribution in [0.4, 0.5) is 4.79 Å². The van der Waals surface area contributed by atoms with E-state index < -0.39 is 17.6 Å². The highest BCUT2D eigenvalue weighted by Crippen LogP contribution is 2.37. The van der Waals surface area contributed by atoms with Crippen LogP contribution >= 0.6 is 0 Å². The van der Waals surface area contributed by atoms with Gasteiger partial charge >= 0.3 is 6.09 Å². The lowest BCUT2D eigenvalue weighted by molar-refractivity contribution is -0.141. The third-order valence-corrected chi connectivity index (χ3v) is 4.54. The van der Waals surface area contributed by atoms with Crippen LogP contribution in [0.5, 0.6) is 0 Å². The minimum absolute atomic E-state index is 0.00200. The van der Waals surface area contributed by atoms with Gasteiger partial charge in [0.2, 0.25) is 0 Å². The van der Waals surface area contributed by atoms with Gasteiger partial charge < -0.3 is 9.64 Å². The molecule has 22 heavy (non-hydrogen) atoms. The monoisotopic (exact) mass is 309 g/mol. The minimum Gasteiger partial charge on any atom is -0.444 e. The lowest BCUT2D eigenvalue weighted by Gasteiger charge is -2.40. The molecule has 1 aliphatic carbocycles. The Hall–Kier alpha value is -1.39. The fraction of sp³-hybridized carbons (Fsp3) is 0.824. The molecule has 5 heteroatoms. The van der Waals surface area contributed by atoms with Crippen molar-refractivity contribution in [3.63, 3.8) is 0 Å². The van der Waals surface area contributed by atoms with Crippen molar-refractivity contribution in [2.45, 2.75) is 65.5 Å². The average Bonchev–Trinajstić information content (AvgIpc) is 2.32. The molecule has 0 radical (unpaired) electrons. The molecule has 0 aromatic rings. The third kappa shape index (κ3) is 3.68. The molecule has 2 atom stereocenters. The molecule has 124 valence electrons. The molecule has 1 heterocycles. The number of amides is 1. The summed E-state index contributed by atoms with van der Waals surface area (Å²) in [6.45, 7) is 9.53. The maximum atomic E-state index is 12.5. The largest absolute Gasteiger partial charge is 0.444 e. The molecule has 1 saturated heterocycles. The van der Waals surface area contributed by atoms with Crippen molar-refractivity contribution in [1.82, 2.24) is 4.90 Å². The van der Waals surface area contributed by atoms with Crippen LogP contribution in [0.2, 0.25) is 0 Å². The fourth-order valence-electron chi connectivity index (χ4n) is 3.26. The summed E-state index contributed by atoms with van der Waals surface area (Å²) in [4.78, 5) is 38.5. The number of hydrogen-bond acceptors (Lipinski definition) is 4. The molecule has 2 aliphatic rings. The number of Topliss-reactive ketones (excluding diaryl/α,β-unsaturated/α-hetero) is 2. The van der Waals surface area contributed by atoms with Gasteiger partial charge in [0.15, 0.2) is 0 Å². The predicted octanol–water partition coefficient (Wildman–Crippen LogP) is 2.82. The maximum absolute atomic E-state index is 12.5. The Morgan fingerprint density at radius 1 is 1.18 bits per heavy atom. The van der Waals surface area contributed by atoms with Crippen molar-refractivity contribution in [2.75, 3.05) is 6.54 Å². The number of ketones is 2. The Bertz CT molecular complexity index is 474. The van der Waals surface area contributed by atoms with Crippen LogP contribution in [0, 0.1) is 17.8 Å². The van der Waals surface area contributed by atoms with Crippen molar-refractivity contribution >= 4 is 17.7 Å². The predicted molar refractivity (Wildman–Crippen MR) is 82.4 cm³/mol. The maximum Gasteiger partial charge on any atom is 0.410 e. The molecule has 1 saturated carbocycles. The minimum atomic E-state index is -0.666. The molecule has 0 N–H and O–H groups in total. The van der Waals surface area contributed by atoms with Gasteiger partial charge in [0.25, 0.3) is 0 Å². The smallest absolute Gasteiger partial charge is 0.410 e. The molecule has 2 fully saturated rings. The number of carbonyl (C=O) groups is 3. The van der Waals surface area contributed by atoms with Gasteiger partial charge in [-0.25, -0.2) is 4.79 Å². The molecule has 2 unspecified atom stereocenters. The second kappa shape index (κ2) is 6.01. The molecule has 0 spiro atoms. The van der Waals surface area contributed by atoms with E-state index in [1.807, 2.05) is 27.7 Å². The topological polar surface area (TPSA) is 63.7 Å². The van der Waals surface area contributed by atoms with E-state index in [4.69, 9.17) is 4.74 Å². The zero-order valence-corrected chi connectivity index (χ0v) is 14.2. The van der Waals surface area contributed by atoms with Crippen LogP contribution in [0.3, 0.4) is 0 Å². The van der Waals surface area contributed by atoms with Gasteiger partial charge in [-0.05, 0) is 46.5 Å². The number of hydrogen-bond donors (Lipinski definition) is 0. The molecular weight excluding hydrogens is 282 g/mol. The Kier molecular flexibility index (Phi) is 4.64. The molecule has 0 bridgehead atoms. The van der Waals surface area contributed by atoms with Gasteiger partial charge in [0, 0.05) is 24.9 Å². The Morgan fingerprint density at radius 2 is 1.77 bits per heavy atom. The van der Waals surface area contributed by atoms with E-state index >= 15 is 0 Å². The lowest BCUT2D eigenvalue weighted by Crippen LogP contribution is -2.54. The van der Waals surface area contributed by atoms with Gasteiger partial charge in [-0.1, -0.05) is 6.92 Å². The van der Waals surface area contributed by atoms with Crippen molar-refractivity contribution in [2.24, 2.45) is 17.8 Å². The molecular formula is C17H27NO4. The Balaban J connectivity index is 2.05. The van der Waals surface area contributed by atoms with Crippen LogP contribution in [0.25, 0.3) is 0 Å². The van der Waals surface area contributed by atoms with Crippen LogP contribution in [-0.2, 0) is 14.3 Å². The first kappa shape index (κ1) is 17.0. The quantitative estimate of drug-likeness (QED) is 0.736. The van der Waals surface area contributed by atoms with Crippen molar-refractivity contribution in [3.05, 3.63) is 0 Å². The zero-order chi connectivity index (χ0) is 16.7. The van der Waals surface area contributed by atoms with Crippen LogP contribution in [-0.4, -0.2) is 40.7 Å². The van der Waals surface area contributed by atoms with Crippen molar-refractivity contribution in [1.29, 1.82) is 0 Å². The van der Waals surface area contributed by atoms with Crippen molar-refractivity contribution < 1.29 is 19.1 Å². The average molecular weight is 309 g/mol. The van der Waals surface area contributed by atoms with Crippen molar-refractivity contribution in [3.8, 4) is 0 Å². The van der Waals surface area contributed by atoms with Crippen LogP contribution in [0.15, 0.2) is 0 Å². The van der Waals surface area contributed by atoms with Gasteiger partial charge in [-0.15, -0.1) is 0 Å². The highest BCUT2D eigenvalue weighted by atomic mass is 16.6. The number of ether oxygens (including phenoxy) is 1. The van der Waals surface area contributed by atoms with Gasteiger partial charge in [-0.2, -0.15) is 0 Å². The molecule has 1 aliphatic heterocycles. The van der Waals surface area contributed by atoms with E-state index in [2.05, 4.69) is 6.92 Å². The SMILES string of the molecule is CC1CC(C(=O)C2CN(C(=O)OC(C)(C)C)C(C)CC2=O)C1. The van der Waals surface area contributed by atoms with Gasteiger partial charge in [0.1, 0.15) is 17.2 Å². The number of likely N-dealkylation sites (tertiary alicyclic amines) is 1. The van der Waals surface area contributed by atoms with Crippen LogP contribution in [0.1, 0.15) is 53.9 Å². The Labute approximate surface area is 132 Å². The highest BCUT2D eigenvalue weighted by Gasteiger charge is 2.44. The third-order valence-electron chi connectivity index (χ3n) is 4.54. The number of nitrogens with zero attached hydrogens (tertiary/aromatic N) is 1. The van der Waals surface area contributed by atoms with E-state index in [-0.39, 0.29) is 36.5 Å².